The van der Waals surface area contributed by atoms with Crippen LogP contribution in [0.15, 0.2) is 35.5 Å². The van der Waals surface area contributed by atoms with Crippen LogP contribution in [0.2, 0.25) is 0 Å². The standard InChI is InChI=1S/C18H24N4O2S/c1-13(11-24-2)19-16(23)12-25-18-21-20-17(15-8-9-15)22(18)10-14-6-4-3-5-7-14/h3-7,13,15H,8-12H2,1-2H3,(H,19,23). The van der Waals surface area contributed by atoms with E-state index in [2.05, 4.69) is 32.2 Å². The Morgan fingerprint density at radius 1 is 1.36 bits per heavy atom. The van der Waals surface area contributed by atoms with E-state index >= 15 is 0 Å². The fourth-order valence-electron chi connectivity index (χ4n) is 2.70. The molecule has 1 heterocycles. The van der Waals surface area contributed by atoms with Crippen molar-refractivity contribution in [3.8, 4) is 0 Å². The molecular weight excluding hydrogens is 336 g/mol. The second-order valence-electron chi connectivity index (χ2n) is 6.40. The minimum absolute atomic E-state index is 0.00214. The summed E-state index contributed by atoms with van der Waals surface area (Å²) in [6.07, 6.45) is 2.35. The Morgan fingerprint density at radius 2 is 2.12 bits per heavy atom. The van der Waals surface area contributed by atoms with Gasteiger partial charge in [0.15, 0.2) is 5.16 Å². The lowest BCUT2D eigenvalue weighted by atomic mass is 10.2. The van der Waals surface area contributed by atoms with Crippen molar-refractivity contribution in [1.82, 2.24) is 20.1 Å². The molecule has 1 atom stereocenters. The Kier molecular flexibility index (Phi) is 6.09. The number of benzene rings is 1. The van der Waals surface area contributed by atoms with Crippen LogP contribution in [0.1, 0.15) is 37.1 Å². The van der Waals surface area contributed by atoms with E-state index < -0.39 is 0 Å². The number of hydrogen-bond acceptors (Lipinski definition) is 5. The number of amides is 1. The number of carbonyl (C=O) groups excluding carboxylic acids is 1. The van der Waals surface area contributed by atoms with E-state index in [1.54, 1.807) is 7.11 Å². The number of methoxy groups -OCH3 is 1. The highest BCUT2D eigenvalue weighted by Crippen LogP contribution is 2.40. The zero-order chi connectivity index (χ0) is 17.6. The molecule has 0 radical (unpaired) electrons. The largest absolute Gasteiger partial charge is 0.383 e. The van der Waals surface area contributed by atoms with Crippen LogP contribution in [0.3, 0.4) is 0 Å². The molecule has 1 aromatic heterocycles. The lowest BCUT2D eigenvalue weighted by molar-refractivity contribution is -0.119. The molecule has 1 saturated carbocycles. The minimum atomic E-state index is -0.0169. The molecule has 134 valence electrons. The van der Waals surface area contributed by atoms with Crippen LogP contribution < -0.4 is 5.32 Å². The van der Waals surface area contributed by atoms with Crippen LogP contribution >= 0.6 is 11.8 Å². The van der Waals surface area contributed by atoms with Gasteiger partial charge in [-0.05, 0) is 25.3 Å². The summed E-state index contributed by atoms with van der Waals surface area (Å²) in [5.74, 6) is 1.86. The van der Waals surface area contributed by atoms with Gasteiger partial charge in [0.25, 0.3) is 0 Å². The molecule has 1 unspecified atom stereocenters. The van der Waals surface area contributed by atoms with Gasteiger partial charge in [0.05, 0.1) is 18.9 Å². The molecule has 1 fully saturated rings. The van der Waals surface area contributed by atoms with Crippen molar-refractivity contribution in [2.45, 2.75) is 43.4 Å². The van der Waals surface area contributed by atoms with Crippen LogP contribution in [0.25, 0.3) is 0 Å². The Balaban J connectivity index is 1.66. The van der Waals surface area contributed by atoms with Crippen molar-refractivity contribution >= 4 is 17.7 Å². The fourth-order valence-corrected chi connectivity index (χ4v) is 3.46. The van der Waals surface area contributed by atoms with Gasteiger partial charge in [-0.2, -0.15) is 0 Å². The number of carbonyl (C=O) groups is 1. The van der Waals surface area contributed by atoms with Crippen molar-refractivity contribution in [1.29, 1.82) is 0 Å². The van der Waals surface area contributed by atoms with Crippen LogP contribution in [0.5, 0.6) is 0 Å². The van der Waals surface area contributed by atoms with Crippen molar-refractivity contribution in [3.63, 3.8) is 0 Å². The molecule has 6 nitrogen and oxygen atoms in total. The Hall–Kier alpha value is -1.86. The summed E-state index contributed by atoms with van der Waals surface area (Å²) in [6, 6.07) is 10.3. The molecule has 0 bridgehead atoms. The number of hydrogen-bond donors (Lipinski definition) is 1. The minimum Gasteiger partial charge on any atom is -0.383 e. The third-order valence-corrected chi connectivity index (χ3v) is 4.99. The SMILES string of the molecule is COCC(C)NC(=O)CSc1nnc(C2CC2)n1Cc1ccccc1. The van der Waals surface area contributed by atoms with Crippen molar-refractivity contribution in [2.75, 3.05) is 19.5 Å². The zero-order valence-corrected chi connectivity index (χ0v) is 15.5. The fraction of sp³-hybridized carbons (Fsp3) is 0.500. The van der Waals surface area contributed by atoms with E-state index in [9.17, 15) is 4.79 Å². The van der Waals surface area contributed by atoms with Crippen molar-refractivity contribution < 1.29 is 9.53 Å². The van der Waals surface area contributed by atoms with Crippen molar-refractivity contribution in [2.24, 2.45) is 0 Å². The summed E-state index contributed by atoms with van der Waals surface area (Å²) in [5, 5.41) is 12.4. The molecule has 7 heteroatoms. The molecule has 1 N–H and O–H groups in total. The molecule has 0 saturated heterocycles. The first-order valence-electron chi connectivity index (χ1n) is 8.55. The third kappa shape index (κ3) is 5.06. The van der Waals surface area contributed by atoms with Gasteiger partial charge in [0.1, 0.15) is 5.82 Å². The summed E-state index contributed by atoms with van der Waals surface area (Å²) in [5.41, 5.74) is 1.21. The Bertz CT molecular complexity index is 700. The van der Waals surface area contributed by atoms with E-state index in [1.807, 2.05) is 25.1 Å². The molecule has 3 rings (SSSR count). The van der Waals surface area contributed by atoms with Gasteiger partial charge in [0.2, 0.25) is 5.91 Å². The molecule has 1 aromatic carbocycles. The van der Waals surface area contributed by atoms with Gasteiger partial charge in [-0.15, -0.1) is 10.2 Å². The topological polar surface area (TPSA) is 69.0 Å². The molecule has 1 amide bonds. The summed E-state index contributed by atoms with van der Waals surface area (Å²) < 4.78 is 7.20. The average Bonchev–Trinajstić information content (AvgIpc) is 3.36. The maximum Gasteiger partial charge on any atom is 0.230 e. The van der Waals surface area contributed by atoms with Gasteiger partial charge in [0, 0.05) is 19.1 Å². The second-order valence-corrected chi connectivity index (χ2v) is 7.34. The summed E-state index contributed by atoms with van der Waals surface area (Å²) in [7, 11) is 1.63. The van der Waals surface area contributed by atoms with Crippen LogP contribution in [-0.2, 0) is 16.1 Å². The average molecular weight is 360 g/mol. The maximum absolute atomic E-state index is 12.1. The van der Waals surface area contributed by atoms with E-state index in [0.29, 0.717) is 18.3 Å². The Labute approximate surface area is 152 Å². The molecular formula is C18H24N4O2S. The smallest absolute Gasteiger partial charge is 0.230 e. The first kappa shape index (κ1) is 17.9. The van der Waals surface area contributed by atoms with Gasteiger partial charge < -0.3 is 14.6 Å². The second kappa shape index (κ2) is 8.49. The number of nitrogens with zero attached hydrogens (tertiary/aromatic N) is 3. The van der Waals surface area contributed by atoms with Crippen LogP contribution in [0.4, 0.5) is 0 Å². The number of aromatic nitrogens is 3. The Morgan fingerprint density at radius 3 is 2.80 bits per heavy atom. The molecule has 0 aliphatic heterocycles. The van der Waals surface area contributed by atoms with E-state index in [4.69, 9.17) is 4.74 Å². The lowest BCUT2D eigenvalue weighted by Crippen LogP contribution is -2.36. The molecule has 1 aliphatic carbocycles. The predicted molar refractivity (Wildman–Crippen MR) is 97.7 cm³/mol. The van der Waals surface area contributed by atoms with E-state index in [-0.39, 0.29) is 11.9 Å². The van der Waals surface area contributed by atoms with Crippen LogP contribution in [0, 0.1) is 0 Å². The number of rotatable bonds is 9. The number of thioether (sulfide) groups is 1. The predicted octanol–water partition coefficient (Wildman–Crippen LogP) is 2.45. The first-order valence-corrected chi connectivity index (χ1v) is 9.54. The van der Waals surface area contributed by atoms with E-state index in [0.717, 1.165) is 17.5 Å². The highest BCUT2D eigenvalue weighted by Gasteiger charge is 2.30. The summed E-state index contributed by atoms with van der Waals surface area (Å²) in [6.45, 7) is 3.17. The zero-order valence-electron chi connectivity index (χ0n) is 14.6. The van der Waals surface area contributed by atoms with Crippen LogP contribution in [-0.4, -0.2) is 46.2 Å². The number of ether oxygens (including phenoxy) is 1. The van der Waals surface area contributed by atoms with Gasteiger partial charge in [-0.3, -0.25) is 4.79 Å². The molecule has 25 heavy (non-hydrogen) atoms. The highest BCUT2D eigenvalue weighted by atomic mass is 32.2. The highest BCUT2D eigenvalue weighted by molar-refractivity contribution is 7.99. The third-order valence-electron chi connectivity index (χ3n) is 4.03. The maximum atomic E-state index is 12.1. The quantitative estimate of drug-likeness (QED) is 0.696. The molecule has 2 aromatic rings. The van der Waals surface area contributed by atoms with Gasteiger partial charge >= 0.3 is 0 Å². The van der Waals surface area contributed by atoms with Gasteiger partial charge in [-0.1, -0.05) is 42.1 Å². The monoisotopic (exact) mass is 360 g/mol. The summed E-state index contributed by atoms with van der Waals surface area (Å²) >= 11 is 1.44. The lowest BCUT2D eigenvalue weighted by Gasteiger charge is -2.13. The molecule has 0 spiro atoms. The summed E-state index contributed by atoms with van der Waals surface area (Å²) in [4.78, 5) is 12.1. The first-order chi connectivity index (χ1) is 12.2. The van der Waals surface area contributed by atoms with Crippen molar-refractivity contribution in [3.05, 3.63) is 41.7 Å². The van der Waals surface area contributed by atoms with Gasteiger partial charge in [-0.25, -0.2) is 0 Å². The van der Waals surface area contributed by atoms with E-state index in [1.165, 1.54) is 30.2 Å². The molecule has 1 aliphatic rings. The number of nitrogens with one attached hydrogen (secondary N) is 1. The normalized spacial score (nSPS) is 15.1.